The van der Waals surface area contributed by atoms with Crippen molar-refractivity contribution in [3.05, 3.63) is 83.6 Å². The minimum absolute atomic E-state index is 0.429. The van der Waals surface area contributed by atoms with Crippen molar-refractivity contribution in [2.45, 2.75) is 59.3 Å². The van der Waals surface area contributed by atoms with E-state index in [-0.39, 0.29) is 0 Å². The molecule has 162 valence electrons. The standard InChI is InChI=1S/C30H32N2/c1-18(2)21-15-25(19(3)4)29(26(16-21)20(5)6)28-17-31-30-24-13-8-7-11-22(24)23-12-9-10-14-27(23)32(28)30/h7-20H,1-6H3. The fourth-order valence-corrected chi connectivity index (χ4v) is 5.02. The smallest absolute Gasteiger partial charge is 0.145 e. The van der Waals surface area contributed by atoms with Gasteiger partial charge in [-0.15, -0.1) is 0 Å². The summed E-state index contributed by atoms with van der Waals surface area (Å²) in [7, 11) is 0. The lowest BCUT2D eigenvalue weighted by Gasteiger charge is -2.23. The summed E-state index contributed by atoms with van der Waals surface area (Å²) in [6.07, 6.45) is 2.09. The van der Waals surface area contributed by atoms with Crippen molar-refractivity contribution in [2.75, 3.05) is 0 Å². The van der Waals surface area contributed by atoms with Gasteiger partial charge in [0, 0.05) is 16.3 Å². The number of hydrogen-bond donors (Lipinski definition) is 0. The van der Waals surface area contributed by atoms with E-state index in [4.69, 9.17) is 4.98 Å². The summed E-state index contributed by atoms with van der Waals surface area (Å²) in [6.45, 7) is 13.8. The Labute approximate surface area is 190 Å². The van der Waals surface area contributed by atoms with Crippen LogP contribution in [0.25, 0.3) is 38.6 Å². The van der Waals surface area contributed by atoms with Gasteiger partial charge in [0.15, 0.2) is 0 Å². The molecule has 2 heteroatoms. The molecule has 0 unspecified atom stereocenters. The summed E-state index contributed by atoms with van der Waals surface area (Å²) in [4.78, 5) is 4.99. The first-order valence-corrected chi connectivity index (χ1v) is 11.8. The quantitative estimate of drug-likeness (QED) is 0.266. The molecule has 0 saturated carbocycles. The molecule has 0 saturated heterocycles. The van der Waals surface area contributed by atoms with Crippen LogP contribution < -0.4 is 0 Å². The van der Waals surface area contributed by atoms with E-state index in [1.165, 1.54) is 49.6 Å². The lowest BCUT2D eigenvalue weighted by atomic mass is 9.83. The third kappa shape index (κ3) is 3.12. The van der Waals surface area contributed by atoms with Crippen LogP contribution in [0.3, 0.4) is 0 Å². The van der Waals surface area contributed by atoms with Gasteiger partial charge in [-0.3, -0.25) is 4.40 Å². The second-order valence-corrected chi connectivity index (χ2v) is 9.90. The van der Waals surface area contributed by atoms with Crippen LogP contribution in [0, 0.1) is 0 Å². The van der Waals surface area contributed by atoms with E-state index in [1.807, 2.05) is 0 Å². The van der Waals surface area contributed by atoms with Crippen molar-refractivity contribution >= 4 is 27.3 Å². The van der Waals surface area contributed by atoms with Crippen molar-refractivity contribution in [2.24, 2.45) is 0 Å². The fraction of sp³-hybridized carbons (Fsp3) is 0.300. The molecule has 0 amide bonds. The van der Waals surface area contributed by atoms with Gasteiger partial charge >= 0.3 is 0 Å². The zero-order chi connectivity index (χ0) is 22.6. The number of rotatable bonds is 4. The van der Waals surface area contributed by atoms with E-state index in [1.54, 1.807) is 0 Å². The van der Waals surface area contributed by atoms with E-state index in [0.717, 1.165) is 5.65 Å². The van der Waals surface area contributed by atoms with E-state index in [2.05, 4.69) is 113 Å². The molecule has 5 rings (SSSR count). The molecule has 0 spiro atoms. The van der Waals surface area contributed by atoms with Crippen LogP contribution in [-0.2, 0) is 0 Å². The topological polar surface area (TPSA) is 17.3 Å². The number of pyridine rings is 1. The molecule has 0 fully saturated rings. The average molecular weight is 421 g/mol. The molecule has 0 atom stereocenters. The molecular formula is C30H32N2. The normalized spacial score (nSPS) is 12.3. The molecule has 0 aliphatic heterocycles. The Morgan fingerprint density at radius 2 is 1.22 bits per heavy atom. The lowest BCUT2D eigenvalue weighted by Crippen LogP contribution is -2.05. The summed E-state index contributed by atoms with van der Waals surface area (Å²) in [5.74, 6) is 1.36. The summed E-state index contributed by atoms with van der Waals surface area (Å²) >= 11 is 0. The molecule has 5 aromatic rings. The van der Waals surface area contributed by atoms with Crippen LogP contribution in [0.15, 0.2) is 66.9 Å². The molecule has 0 N–H and O–H groups in total. The Morgan fingerprint density at radius 3 is 1.81 bits per heavy atom. The Bertz CT molecular complexity index is 1420. The third-order valence-corrected chi connectivity index (χ3v) is 6.75. The molecule has 2 heterocycles. The molecule has 2 aromatic heterocycles. The maximum Gasteiger partial charge on any atom is 0.145 e. The predicted molar refractivity (Wildman–Crippen MR) is 138 cm³/mol. The molecule has 3 aromatic carbocycles. The van der Waals surface area contributed by atoms with E-state index in [0.29, 0.717) is 17.8 Å². The van der Waals surface area contributed by atoms with Crippen molar-refractivity contribution in [1.29, 1.82) is 0 Å². The molecule has 0 radical (unpaired) electrons. The number of imidazole rings is 1. The van der Waals surface area contributed by atoms with Crippen LogP contribution in [0.4, 0.5) is 0 Å². The minimum atomic E-state index is 0.429. The first-order chi connectivity index (χ1) is 15.4. The zero-order valence-electron chi connectivity index (χ0n) is 20.0. The Kier molecular flexibility index (Phi) is 5.04. The number of benzene rings is 3. The molecule has 0 aliphatic carbocycles. The van der Waals surface area contributed by atoms with Crippen molar-refractivity contribution in [3.63, 3.8) is 0 Å². The second-order valence-electron chi connectivity index (χ2n) is 9.90. The largest absolute Gasteiger partial charge is 0.292 e. The van der Waals surface area contributed by atoms with E-state index in [9.17, 15) is 0 Å². The average Bonchev–Trinajstić information content (AvgIpc) is 3.23. The molecule has 0 aliphatic rings. The highest BCUT2D eigenvalue weighted by Crippen LogP contribution is 2.41. The van der Waals surface area contributed by atoms with Gasteiger partial charge in [0.25, 0.3) is 0 Å². The number of aromatic nitrogens is 2. The van der Waals surface area contributed by atoms with Crippen LogP contribution >= 0.6 is 0 Å². The lowest BCUT2D eigenvalue weighted by molar-refractivity contribution is 0.806. The highest BCUT2D eigenvalue weighted by molar-refractivity contribution is 6.12. The van der Waals surface area contributed by atoms with Crippen LogP contribution in [-0.4, -0.2) is 9.38 Å². The SMILES string of the molecule is CC(C)c1cc(C(C)C)c(-c2cnc3c4ccccc4c4ccccc4n23)c(C(C)C)c1. The summed E-state index contributed by atoms with van der Waals surface area (Å²) in [5.41, 5.74) is 9.05. The van der Waals surface area contributed by atoms with Gasteiger partial charge < -0.3 is 0 Å². The minimum Gasteiger partial charge on any atom is -0.292 e. The first-order valence-electron chi connectivity index (χ1n) is 11.8. The second kappa shape index (κ2) is 7.78. The van der Waals surface area contributed by atoms with Gasteiger partial charge in [-0.2, -0.15) is 0 Å². The summed E-state index contributed by atoms with van der Waals surface area (Å²) in [5, 5.41) is 3.73. The number of fused-ring (bicyclic) bond motifs is 6. The fourth-order valence-electron chi connectivity index (χ4n) is 5.02. The van der Waals surface area contributed by atoms with Crippen LogP contribution in [0.1, 0.15) is 76.0 Å². The van der Waals surface area contributed by atoms with Crippen molar-refractivity contribution < 1.29 is 0 Å². The van der Waals surface area contributed by atoms with Crippen molar-refractivity contribution in [3.8, 4) is 11.3 Å². The monoisotopic (exact) mass is 420 g/mol. The Balaban J connectivity index is 1.97. The molecule has 0 bridgehead atoms. The zero-order valence-corrected chi connectivity index (χ0v) is 20.0. The van der Waals surface area contributed by atoms with E-state index < -0.39 is 0 Å². The highest BCUT2D eigenvalue weighted by atomic mass is 15.0. The first kappa shape index (κ1) is 20.8. The van der Waals surface area contributed by atoms with Gasteiger partial charge in [-0.25, -0.2) is 4.98 Å². The predicted octanol–water partition coefficient (Wildman–Crippen LogP) is 8.68. The highest BCUT2D eigenvalue weighted by Gasteiger charge is 2.22. The maximum absolute atomic E-state index is 4.99. The maximum atomic E-state index is 4.99. The van der Waals surface area contributed by atoms with Gasteiger partial charge in [0.05, 0.1) is 17.4 Å². The van der Waals surface area contributed by atoms with Gasteiger partial charge in [0.2, 0.25) is 0 Å². The number of nitrogens with zero attached hydrogens (tertiary/aromatic N) is 2. The van der Waals surface area contributed by atoms with E-state index >= 15 is 0 Å². The molecule has 32 heavy (non-hydrogen) atoms. The van der Waals surface area contributed by atoms with Crippen LogP contribution in [0.2, 0.25) is 0 Å². The Hall–Kier alpha value is -3.13. The van der Waals surface area contributed by atoms with Crippen LogP contribution in [0.5, 0.6) is 0 Å². The third-order valence-electron chi connectivity index (χ3n) is 6.75. The summed E-state index contributed by atoms with van der Waals surface area (Å²) < 4.78 is 2.39. The number of hydrogen-bond acceptors (Lipinski definition) is 1. The van der Waals surface area contributed by atoms with Gasteiger partial charge in [-0.05, 0) is 45.9 Å². The number of para-hydroxylation sites is 1. The molecular weight excluding hydrogens is 388 g/mol. The molecule has 2 nitrogen and oxygen atoms in total. The Morgan fingerprint density at radius 1 is 0.656 bits per heavy atom. The van der Waals surface area contributed by atoms with Crippen molar-refractivity contribution in [1.82, 2.24) is 9.38 Å². The summed E-state index contributed by atoms with van der Waals surface area (Å²) in [6, 6.07) is 22.2. The van der Waals surface area contributed by atoms with Gasteiger partial charge in [-0.1, -0.05) is 96.1 Å². The van der Waals surface area contributed by atoms with Gasteiger partial charge in [0.1, 0.15) is 5.65 Å².